The Morgan fingerprint density at radius 2 is 2.00 bits per heavy atom. The largest absolute Gasteiger partial charge is 0.390 e. The highest BCUT2D eigenvalue weighted by Crippen LogP contribution is 2.74. The monoisotopic (exact) mass is 252 g/mol. The molecule has 3 unspecified atom stereocenters. The molecule has 0 spiro atoms. The van der Waals surface area contributed by atoms with E-state index in [4.69, 9.17) is 0 Å². The van der Waals surface area contributed by atoms with Crippen molar-refractivity contribution in [3.05, 3.63) is 0 Å². The van der Waals surface area contributed by atoms with E-state index in [-0.39, 0.29) is 34.9 Å². The van der Waals surface area contributed by atoms with Gasteiger partial charge < -0.3 is 10.2 Å². The molecule has 102 valence electrons. The second-order valence-electron chi connectivity index (χ2n) is 7.70. The van der Waals surface area contributed by atoms with Crippen LogP contribution in [0.25, 0.3) is 0 Å². The Morgan fingerprint density at radius 3 is 2.50 bits per heavy atom. The number of carbonyl (C=O) groups excluding carboxylic acids is 1. The second-order valence-corrected chi connectivity index (χ2v) is 7.70. The highest BCUT2D eigenvalue weighted by Gasteiger charge is 2.79. The molecule has 0 heterocycles. The first-order valence-electron chi connectivity index (χ1n) is 7.11. The Morgan fingerprint density at radius 1 is 1.39 bits per heavy atom. The van der Waals surface area contributed by atoms with Gasteiger partial charge in [-0.25, -0.2) is 0 Å². The summed E-state index contributed by atoms with van der Waals surface area (Å²) in [6.45, 7) is 7.77. The minimum absolute atomic E-state index is 0.0226. The number of rotatable bonds is 1. The van der Waals surface area contributed by atoms with Crippen molar-refractivity contribution in [1.29, 1.82) is 0 Å². The van der Waals surface area contributed by atoms with E-state index in [0.717, 1.165) is 12.8 Å². The summed E-state index contributed by atoms with van der Waals surface area (Å²) < 4.78 is 0. The molecular weight excluding hydrogens is 228 g/mol. The molecule has 4 bridgehead atoms. The van der Waals surface area contributed by atoms with Crippen LogP contribution in [0.4, 0.5) is 0 Å². The van der Waals surface area contributed by atoms with Crippen LogP contribution in [0.3, 0.4) is 0 Å². The number of carbonyl (C=O) groups is 1. The third-order valence-corrected chi connectivity index (χ3v) is 6.13. The van der Waals surface area contributed by atoms with Crippen LogP contribution in [0.1, 0.15) is 47.0 Å². The van der Waals surface area contributed by atoms with Crippen LogP contribution in [0.15, 0.2) is 0 Å². The maximum atomic E-state index is 12.3. The maximum absolute atomic E-state index is 12.3. The third-order valence-electron chi connectivity index (χ3n) is 6.13. The molecule has 4 rings (SSSR count). The van der Waals surface area contributed by atoms with Crippen molar-refractivity contribution in [3.63, 3.8) is 0 Å². The van der Waals surface area contributed by atoms with Gasteiger partial charge in [-0.3, -0.25) is 4.79 Å². The highest BCUT2D eigenvalue weighted by atomic mass is 16.3. The zero-order valence-corrected chi connectivity index (χ0v) is 11.7. The summed E-state index contributed by atoms with van der Waals surface area (Å²) in [6, 6.07) is 0. The van der Waals surface area contributed by atoms with Crippen molar-refractivity contribution in [2.45, 2.75) is 58.2 Å². The van der Waals surface area contributed by atoms with Crippen LogP contribution in [0.5, 0.6) is 0 Å². The molecule has 0 aromatic carbocycles. The van der Waals surface area contributed by atoms with Gasteiger partial charge in [-0.2, -0.15) is 0 Å². The maximum Gasteiger partial charge on any atom is 0.139 e. The average Bonchev–Trinajstić information content (AvgIpc) is 2.11. The minimum atomic E-state index is -0.958. The van der Waals surface area contributed by atoms with Gasteiger partial charge in [0.15, 0.2) is 0 Å². The molecule has 0 aromatic rings. The van der Waals surface area contributed by atoms with E-state index in [9.17, 15) is 15.0 Å². The second kappa shape index (κ2) is 3.18. The predicted octanol–water partition coefficient (Wildman–Crippen LogP) is 1.76. The molecule has 3 heteroatoms. The molecule has 3 nitrogen and oxygen atoms in total. The van der Waals surface area contributed by atoms with Crippen molar-refractivity contribution >= 4 is 5.78 Å². The van der Waals surface area contributed by atoms with Crippen LogP contribution >= 0.6 is 0 Å². The van der Waals surface area contributed by atoms with Crippen molar-refractivity contribution in [2.24, 2.45) is 29.1 Å². The molecule has 0 radical (unpaired) electrons. The Balaban J connectivity index is 2.08. The van der Waals surface area contributed by atoms with E-state index in [2.05, 4.69) is 13.8 Å². The fourth-order valence-electron chi connectivity index (χ4n) is 5.93. The van der Waals surface area contributed by atoms with Crippen LogP contribution in [-0.2, 0) is 4.79 Å². The lowest BCUT2D eigenvalue weighted by Gasteiger charge is -2.76. The molecule has 0 aromatic heterocycles. The van der Waals surface area contributed by atoms with Gasteiger partial charge in [0.1, 0.15) is 5.78 Å². The summed E-state index contributed by atoms with van der Waals surface area (Å²) in [4.78, 5) is 12.3. The zero-order valence-electron chi connectivity index (χ0n) is 11.7. The standard InChI is InChI=1S/C15H24O3/c1-8-7-9(16)12-14(4)6-5-10(13(2,3)17)15(12,18)11(8)14/h8,10-12,17-18H,5-7H2,1-4H3/t8-,10+,11?,12?,14+,15?/m1/s1. The van der Waals surface area contributed by atoms with E-state index in [1.54, 1.807) is 13.8 Å². The van der Waals surface area contributed by atoms with E-state index in [1.807, 2.05) is 0 Å². The van der Waals surface area contributed by atoms with E-state index in [0.29, 0.717) is 6.42 Å². The van der Waals surface area contributed by atoms with Crippen molar-refractivity contribution < 1.29 is 15.0 Å². The fraction of sp³-hybridized carbons (Fsp3) is 0.933. The fourth-order valence-corrected chi connectivity index (χ4v) is 5.93. The first-order valence-corrected chi connectivity index (χ1v) is 7.11. The molecule has 0 saturated heterocycles. The summed E-state index contributed by atoms with van der Waals surface area (Å²) in [6.07, 6.45) is 2.38. The summed E-state index contributed by atoms with van der Waals surface area (Å²) in [7, 11) is 0. The Hall–Kier alpha value is -0.410. The number of aliphatic hydroxyl groups is 2. The first-order chi connectivity index (χ1) is 8.13. The molecule has 4 aliphatic carbocycles. The van der Waals surface area contributed by atoms with Crippen LogP contribution < -0.4 is 0 Å². The highest BCUT2D eigenvalue weighted by molar-refractivity contribution is 5.87. The number of hydrogen-bond acceptors (Lipinski definition) is 3. The van der Waals surface area contributed by atoms with Gasteiger partial charge in [-0.15, -0.1) is 0 Å². The Labute approximate surface area is 109 Å². The van der Waals surface area contributed by atoms with Crippen LogP contribution in [0, 0.1) is 29.1 Å². The number of hydrogen-bond donors (Lipinski definition) is 2. The molecule has 0 aliphatic heterocycles. The van der Waals surface area contributed by atoms with Gasteiger partial charge in [0, 0.05) is 12.3 Å². The Kier molecular flexibility index (Phi) is 2.23. The van der Waals surface area contributed by atoms with E-state index >= 15 is 0 Å². The Bertz CT molecular complexity index is 406. The van der Waals surface area contributed by atoms with Crippen molar-refractivity contribution in [2.75, 3.05) is 0 Å². The molecule has 4 saturated carbocycles. The number of fused-ring (bicyclic) bond motifs is 2. The molecule has 6 atom stereocenters. The van der Waals surface area contributed by atoms with E-state index < -0.39 is 11.2 Å². The summed E-state index contributed by atoms with van der Waals surface area (Å²) in [5.74, 6) is 0.217. The lowest BCUT2D eigenvalue weighted by atomic mass is 9.29. The molecule has 2 N–H and O–H groups in total. The third kappa shape index (κ3) is 1.16. The van der Waals surface area contributed by atoms with Gasteiger partial charge in [0.2, 0.25) is 0 Å². The summed E-state index contributed by atoms with van der Waals surface area (Å²) in [5.41, 5.74) is -1.89. The number of ketones is 1. The van der Waals surface area contributed by atoms with Gasteiger partial charge in [-0.1, -0.05) is 13.8 Å². The topological polar surface area (TPSA) is 57.5 Å². The molecule has 4 fully saturated rings. The normalized spacial score (nSPS) is 55.1. The zero-order chi connectivity index (χ0) is 13.5. The van der Waals surface area contributed by atoms with Crippen LogP contribution in [0.2, 0.25) is 0 Å². The predicted molar refractivity (Wildman–Crippen MR) is 67.8 cm³/mol. The van der Waals surface area contributed by atoms with Gasteiger partial charge in [0.25, 0.3) is 0 Å². The van der Waals surface area contributed by atoms with E-state index in [1.165, 1.54) is 0 Å². The van der Waals surface area contributed by atoms with Crippen LogP contribution in [-0.4, -0.2) is 27.2 Å². The average molecular weight is 252 g/mol. The minimum Gasteiger partial charge on any atom is -0.390 e. The molecular formula is C15H24O3. The SMILES string of the molecule is C[C@@H]1CC(=O)C2C3(O)C1[C@]2(C)CC[C@H]3C(C)(C)O. The summed E-state index contributed by atoms with van der Waals surface area (Å²) >= 11 is 0. The molecule has 4 aliphatic rings. The lowest BCUT2D eigenvalue weighted by Crippen LogP contribution is -2.82. The summed E-state index contributed by atoms with van der Waals surface area (Å²) in [5, 5.41) is 21.5. The molecule has 18 heavy (non-hydrogen) atoms. The quantitative estimate of drug-likeness (QED) is 0.747. The van der Waals surface area contributed by atoms with Crippen molar-refractivity contribution in [3.8, 4) is 0 Å². The smallest absolute Gasteiger partial charge is 0.139 e. The lowest BCUT2D eigenvalue weighted by molar-refractivity contribution is -0.338. The number of Topliss-reactive ketones (excluding diaryl/α,β-unsaturated/α-hetero) is 1. The van der Waals surface area contributed by atoms with Gasteiger partial charge >= 0.3 is 0 Å². The van der Waals surface area contributed by atoms with Gasteiger partial charge in [0.05, 0.1) is 17.1 Å². The van der Waals surface area contributed by atoms with Crippen molar-refractivity contribution in [1.82, 2.24) is 0 Å². The molecule has 0 amide bonds. The van der Waals surface area contributed by atoms with Gasteiger partial charge in [-0.05, 0) is 43.9 Å². The first kappa shape index (κ1) is 12.6.